The van der Waals surface area contributed by atoms with Crippen LogP contribution in [0.15, 0.2) is 0 Å². The van der Waals surface area contributed by atoms with Crippen molar-refractivity contribution in [1.29, 1.82) is 0 Å². The van der Waals surface area contributed by atoms with Crippen molar-refractivity contribution in [2.45, 2.75) is 6.92 Å². The van der Waals surface area contributed by atoms with Crippen molar-refractivity contribution in [2.24, 2.45) is 5.73 Å². The van der Waals surface area contributed by atoms with Crippen molar-refractivity contribution in [2.75, 3.05) is 13.3 Å². The van der Waals surface area contributed by atoms with Gasteiger partial charge in [0, 0.05) is 6.61 Å². The number of rotatable bonds is 3. The third kappa shape index (κ3) is 5.23. The average molecular weight is 118 g/mol. The minimum Gasteiger partial charge on any atom is -0.361 e. The lowest BCUT2D eigenvalue weighted by Gasteiger charge is -1.98. The van der Waals surface area contributed by atoms with Gasteiger partial charge in [-0.2, -0.15) is 0 Å². The van der Waals surface area contributed by atoms with Gasteiger partial charge >= 0.3 is 6.03 Å². The molecule has 0 saturated heterocycles. The van der Waals surface area contributed by atoms with Crippen molar-refractivity contribution in [3.05, 3.63) is 0 Å². The van der Waals surface area contributed by atoms with Crippen LogP contribution in [-0.2, 0) is 4.74 Å². The Morgan fingerprint density at radius 1 is 1.88 bits per heavy atom. The molecule has 0 aliphatic carbocycles. The summed E-state index contributed by atoms with van der Waals surface area (Å²) in [6.07, 6.45) is 0. The number of carbonyl (C=O) groups is 1. The monoisotopic (exact) mass is 118 g/mol. The lowest BCUT2D eigenvalue weighted by molar-refractivity contribution is 0.133. The molecule has 0 aliphatic heterocycles. The van der Waals surface area contributed by atoms with Crippen LogP contribution in [0.4, 0.5) is 4.79 Å². The van der Waals surface area contributed by atoms with Gasteiger partial charge in [0.1, 0.15) is 6.73 Å². The number of ether oxygens (including phenoxy) is 1. The number of primary amides is 1. The van der Waals surface area contributed by atoms with E-state index in [0.29, 0.717) is 6.61 Å². The normalized spacial score (nSPS) is 8.62. The van der Waals surface area contributed by atoms with Crippen LogP contribution >= 0.6 is 0 Å². The predicted molar refractivity (Wildman–Crippen MR) is 29.2 cm³/mol. The fourth-order valence-electron chi connectivity index (χ4n) is 0.224. The first-order valence-electron chi connectivity index (χ1n) is 2.38. The molecule has 4 heteroatoms. The highest BCUT2D eigenvalue weighted by Gasteiger charge is 1.85. The Morgan fingerprint density at radius 2 is 2.50 bits per heavy atom. The molecule has 0 unspecified atom stereocenters. The fourth-order valence-corrected chi connectivity index (χ4v) is 0.224. The summed E-state index contributed by atoms with van der Waals surface area (Å²) in [6, 6.07) is -0.557. The molecular weight excluding hydrogens is 108 g/mol. The number of hydrogen-bond donors (Lipinski definition) is 2. The highest BCUT2D eigenvalue weighted by molar-refractivity contribution is 5.71. The Balaban J connectivity index is 2.82. The molecule has 0 aromatic rings. The minimum absolute atomic E-state index is 0.200. The van der Waals surface area contributed by atoms with Crippen LogP contribution in [0, 0.1) is 0 Å². The summed E-state index contributed by atoms with van der Waals surface area (Å²) < 4.78 is 4.73. The van der Waals surface area contributed by atoms with Crippen LogP contribution < -0.4 is 11.1 Å². The lowest BCUT2D eigenvalue weighted by atomic mass is 10.9. The first-order chi connectivity index (χ1) is 3.77. The molecule has 8 heavy (non-hydrogen) atoms. The van der Waals surface area contributed by atoms with Gasteiger partial charge in [-0.15, -0.1) is 0 Å². The third-order valence-corrected chi connectivity index (χ3v) is 0.553. The molecule has 0 radical (unpaired) electrons. The average Bonchev–Trinajstić information content (AvgIpc) is 1.66. The van der Waals surface area contributed by atoms with E-state index in [4.69, 9.17) is 10.5 Å². The highest BCUT2D eigenvalue weighted by atomic mass is 16.5. The zero-order valence-electron chi connectivity index (χ0n) is 4.81. The van der Waals surface area contributed by atoms with Gasteiger partial charge in [-0.05, 0) is 6.92 Å². The summed E-state index contributed by atoms with van der Waals surface area (Å²) in [4.78, 5) is 9.91. The van der Waals surface area contributed by atoms with Crippen LogP contribution in [0.2, 0.25) is 0 Å². The molecule has 0 bridgehead atoms. The van der Waals surface area contributed by atoms with Crippen molar-refractivity contribution in [1.82, 2.24) is 5.32 Å². The van der Waals surface area contributed by atoms with Crippen LogP contribution in [-0.4, -0.2) is 19.4 Å². The van der Waals surface area contributed by atoms with E-state index in [-0.39, 0.29) is 6.73 Å². The fraction of sp³-hybridized carbons (Fsp3) is 0.750. The summed E-state index contributed by atoms with van der Waals surface area (Å²) in [5, 5.41) is 2.26. The van der Waals surface area contributed by atoms with Gasteiger partial charge in [-0.1, -0.05) is 0 Å². The van der Waals surface area contributed by atoms with Gasteiger partial charge in [0.15, 0.2) is 0 Å². The maximum atomic E-state index is 9.91. The van der Waals surface area contributed by atoms with Crippen molar-refractivity contribution in [3.63, 3.8) is 0 Å². The molecule has 4 nitrogen and oxygen atoms in total. The van der Waals surface area contributed by atoms with E-state index in [2.05, 4.69) is 5.32 Å². The van der Waals surface area contributed by atoms with E-state index >= 15 is 0 Å². The molecule has 0 rings (SSSR count). The summed E-state index contributed by atoms with van der Waals surface area (Å²) in [5.74, 6) is 0. The molecule has 0 fully saturated rings. The third-order valence-electron chi connectivity index (χ3n) is 0.553. The smallest absolute Gasteiger partial charge is 0.313 e. The van der Waals surface area contributed by atoms with Crippen molar-refractivity contribution in [3.8, 4) is 0 Å². The van der Waals surface area contributed by atoms with E-state index in [0.717, 1.165) is 0 Å². The number of carbonyl (C=O) groups excluding carboxylic acids is 1. The second kappa shape index (κ2) is 4.39. The molecule has 48 valence electrons. The number of hydrogen-bond acceptors (Lipinski definition) is 2. The first kappa shape index (κ1) is 7.23. The number of nitrogens with two attached hydrogens (primary N) is 1. The Bertz CT molecular complexity index is 74.4. The largest absolute Gasteiger partial charge is 0.361 e. The molecular formula is C4H10N2O2. The number of nitrogens with one attached hydrogen (secondary N) is 1. The quantitative estimate of drug-likeness (QED) is 0.393. The Morgan fingerprint density at radius 3 is 2.88 bits per heavy atom. The topological polar surface area (TPSA) is 64.3 Å². The molecule has 0 saturated carbocycles. The van der Waals surface area contributed by atoms with Gasteiger partial charge in [0.2, 0.25) is 0 Å². The van der Waals surface area contributed by atoms with E-state index in [1.165, 1.54) is 0 Å². The zero-order valence-corrected chi connectivity index (χ0v) is 4.81. The zero-order chi connectivity index (χ0) is 6.41. The number of urea groups is 1. The minimum atomic E-state index is -0.557. The molecule has 3 N–H and O–H groups in total. The van der Waals surface area contributed by atoms with Gasteiger partial charge in [-0.3, -0.25) is 0 Å². The summed E-state index contributed by atoms with van der Waals surface area (Å²) in [7, 11) is 0. The standard InChI is InChI=1S/C4H10N2O2/c1-2-8-3-6-4(5)7/h2-3H2,1H3,(H3,5,6,7). The van der Waals surface area contributed by atoms with E-state index in [1.54, 1.807) is 0 Å². The molecule has 0 spiro atoms. The Hall–Kier alpha value is -0.770. The van der Waals surface area contributed by atoms with Crippen LogP contribution in [0.3, 0.4) is 0 Å². The molecule has 0 heterocycles. The van der Waals surface area contributed by atoms with Gasteiger partial charge in [0.25, 0.3) is 0 Å². The van der Waals surface area contributed by atoms with E-state index < -0.39 is 6.03 Å². The maximum Gasteiger partial charge on any atom is 0.313 e. The number of amides is 2. The molecule has 2 amide bonds. The summed E-state index contributed by atoms with van der Waals surface area (Å²) >= 11 is 0. The highest BCUT2D eigenvalue weighted by Crippen LogP contribution is 1.65. The first-order valence-corrected chi connectivity index (χ1v) is 2.38. The van der Waals surface area contributed by atoms with E-state index in [1.807, 2.05) is 6.92 Å². The molecule has 0 aromatic carbocycles. The van der Waals surface area contributed by atoms with Gasteiger partial charge in [0.05, 0.1) is 0 Å². The van der Waals surface area contributed by atoms with E-state index in [9.17, 15) is 4.79 Å². The van der Waals surface area contributed by atoms with Crippen LogP contribution in [0.5, 0.6) is 0 Å². The van der Waals surface area contributed by atoms with Crippen LogP contribution in [0.1, 0.15) is 6.92 Å². The van der Waals surface area contributed by atoms with Crippen molar-refractivity contribution < 1.29 is 9.53 Å². The van der Waals surface area contributed by atoms with Crippen molar-refractivity contribution >= 4 is 6.03 Å². The van der Waals surface area contributed by atoms with Crippen LogP contribution in [0.25, 0.3) is 0 Å². The Kier molecular flexibility index (Phi) is 3.97. The lowest BCUT2D eigenvalue weighted by Crippen LogP contribution is -2.31. The van der Waals surface area contributed by atoms with Gasteiger partial charge < -0.3 is 15.8 Å². The second-order valence-electron chi connectivity index (χ2n) is 1.18. The SMILES string of the molecule is CCOCNC(N)=O. The predicted octanol–water partition coefficient (Wildman–Crippen LogP) is -0.351. The second-order valence-corrected chi connectivity index (χ2v) is 1.18. The molecule has 0 aliphatic rings. The maximum absolute atomic E-state index is 9.91. The Labute approximate surface area is 48.0 Å². The summed E-state index contributed by atoms with van der Waals surface area (Å²) in [6.45, 7) is 2.62. The molecule has 0 aromatic heterocycles. The van der Waals surface area contributed by atoms with Gasteiger partial charge in [-0.25, -0.2) is 4.79 Å². The molecule has 0 atom stereocenters. The summed E-state index contributed by atoms with van der Waals surface area (Å²) in [5.41, 5.74) is 4.70.